The highest BCUT2D eigenvalue weighted by atomic mass is 35.5. The number of aliphatic hydroxyl groups excluding tert-OH is 2. The highest BCUT2D eigenvalue weighted by Gasteiger charge is 2.56. The number of allylic oxidation sites excluding steroid dienone is 1. The Kier molecular flexibility index (Phi) is 10.7. The van der Waals surface area contributed by atoms with Crippen LogP contribution < -0.4 is 0 Å². The molecule has 0 aromatic rings. The van der Waals surface area contributed by atoms with Gasteiger partial charge in [-0.25, -0.2) is 0 Å². The normalized spacial score (nSPS) is 49.2. The third-order valence-electron chi connectivity index (χ3n) is 9.45. The molecular weight excluding hydrogens is 580 g/mol. The van der Waals surface area contributed by atoms with Crippen LogP contribution in [0, 0.1) is 35.5 Å². The molecule has 1 aliphatic carbocycles. The number of alkyl halides is 1. The van der Waals surface area contributed by atoms with Crippen molar-refractivity contribution in [1.29, 1.82) is 0 Å². The van der Waals surface area contributed by atoms with Crippen molar-refractivity contribution in [2.75, 3.05) is 7.11 Å². The number of hydrogen-bond acceptors (Lipinski definition) is 10. The molecule has 0 radical (unpaired) electrons. The van der Waals surface area contributed by atoms with E-state index < -0.39 is 72.3 Å². The summed E-state index contributed by atoms with van der Waals surface area (Å²) in [5.74, 6) is 1.83. The molecule has 43 heavy (non-hydrogen) atoms. The topological polar surface area (TPSA) is 144 Å². The summed E-state index contributed by atoms with van der Waals surface area (Å²) in [6.07, 6.45) is -1.03. The number of aliphatic hydroxyl groups is 4. The van der Waals surface area contributed by atoms with E-state index in [4.69, 9.17) is 35.3 Å². The second-order valence-corrected chi connectivity index (χ2v) is 13.5. The summed E-state index contributed by atoms with van der Waals surface area (Å²) in [7, 11) is 1.60. The third-order valence-corrected chi connectivity index (χ3v) is 9.93. The fourth-order valence-corrected chi connectivity index (χ4v) is 6.43. The van der Waals surface area contributed by atoms with Crippen LogP contribution in [0.3, 0.4) is 0 Å². The summed E-state index contributed by atoms with van der Waals surface area (Å²) >= 11 is 6.04. The summed E-state index contributed by atoms with van der Waals surface area (Å²) < 4.78 is 30.1. The molecule has 1 saturated carbocycles. The zero-order chi connectivity index (χ0) is 31.9. The van der Waals surface area contributed by atoms with Crippen molar-refractivity contribution >= 4 is 17.6 Å². The second kappa shape index (κ2) is 13.5. The van der Waals surface area contributed by atoms with Gasteiger partial charge in [0.1, 0.15) is 29.8 Å². The molecule has 0 aromatic carbocycles. The minimum Gasteiger partial charge on any atom is -0.457 e. The van der Waals surface area contributed by atoms with Gasteiger partial charge < -0.3 is 44.1 Å². The second-order valence-electron chi connectivity index (χ2n) is 13.0. The van der Waals surface area contributed by atoms with Crippen molar-refractivity contribution in [2.24, 2.45) is 23.7 Å². The first-order valence-corrected chi connectivity index (χ1v) is 15.5. The first-order chi connectivity index (χ1) is 20.1. The van der Waals surface area contributed by atoms with E-state index in [1.54, 1.807) is 33.1 Å². The van der Waals surface area contributed by atoms with Gasteiger partial charge in [-0.1, -0.05) is 37.3 Å². The van der Waals surface area contributed by atoms with E-state index >= 15 is 0 Å². The molecule has 15 unspecified atom stereocenters. The SMILES string of the molecule is COC1C=C(C)CC(C=CC#CC2CC2Cl)OC(=O)C(C)C2(O)CC(OC3OC(C)C(O)C(C)(O)C3O)C(C)C(O2)C1C. The monoisotopic (exact) mass is 626 g/mol. The van der Waals surface area contributed by atoms with Crippen molar-refractivity contribution in [3.63, 3.8) is 0 Å². The number of halogens is 1. The summed E-state index contributed by atoms with van der Waals surface area (Å²) in [6, 6.07) is 0. The van der Waals surface area contributed by atoms with E-state index in [1.165, 1.54) is 6.92 Å². The van der Waals surface area contributed by atoms with Gasteiger partial charge in [0.25, 0.3) is 0 Å². The number of carbonyl (C=O) groups is 1. The Balaban J connectivity index is 1.64. The standard InChI is InChI=1S/C32H47ClO10/c1-16-12-22(11-9-8-10-21-14-23(21)33)41-29(36)19(4)32(38)15-25(18(3)26(43-32)17(2)24(13-16)39-7)42-30-28(35)31(6,37)27(34)20(5)40-30/h9,11,13,17-28,30,34-35,37-38H,12,14-15H2,1-7H3. The third kappa shape index (κ3) is 7.49. The average Bonchev–Trinajstić information content (AvgIpc) is 3.66. The number of methoxy groups -OCH3 is 1. The van der Waals surface area contributed by atoms with Gasteiger partial charge in [-0.2, -0.15) is 0 Å². The van der Waals surface area contributed by atoms with E-state index in [9.17, 15) is 25.2 Å². The smallest absolute Gasteiger partial charge is 0.314 e. The van der Waals surface area contributed by atoms with Crippen LogP contribution in [0.25, 0.3) is 0 Å². The number of ether oxygens (including phenoxy) is 5. The molecule has 3 aliphatic heterocycles. The predicted molar refractivity (Wildman–Crippen MR) is 157 cm³/mol. The maximum atomic E-state index is 13.5. The van der Waals surface area contributed by atoms with Crippen LogP contribution in [-0.2, 0) is 28.5 Å². The van der Waals surface area contributed by atoms with Crippen LogP contribution >= 0.6 is 11.6 Å². The molecule has 2 bridgehead atoms. The minimum absolute atomic E-state index is 0.0886. The molecule has 0 amide bonds. The van der Waals surface area contributed by atoms with Gasteiger partial charge in [-0.05, 0) is 46.3 Å². The number of rotatable bonds is 4. The lowest BCUT2D eigenvalue weighted by atomic mass is 9.77. The summed E-state index contributed by atoms with van der Waals surface area (Å²) in [5, 5.41) is 44.0. The number of fused-ring (bicyclic) bond motifs is 2. The van der Waals surface area contributed by atoms with Crippen molar-refractivity contribution in [1.82, 2.24) is 0 Å². The lowest BCUT2D eigenvalue weighted by Crippen LogP contribution is -2.66. The first-order valence-electron chi connectivity index (χ1n) is 15.1. The van der Waals surface area contributed by atoms with Gasteiger partial charge in [-0.3, -0.25) is 4.79 Å². The Morgan fingerprint density at radius 2 is 1.81 bits per heavy atom. The number of esters is 1. The molecule has 3 fully saturated rings. The minimum atomic E-state index is -1.99. The van der Waals surface area contributed by atoms with Crippen molar-refractivity contribution in [3.05, 3.63) is 23.8 Å². The molecular formula is C32H47ClO10. The van der Waals surface area contributed by atoms with Crippen LogP contribution in [0.5, 0.6) is 0 Å². The van der Waals surface area contributed by atoms with E-state index in [1.807, 2.05) is 26.8 Å². The Hall–Kier alpha value is -1.52. The molecule has 4 aliphatic rings. The van der Waals surface area contributed by atoms with E-state index in [0.717, 1.165) is 12.0 Å². The molecule has 11 heteroatoms. The Morgan fingerprint density at radius 3 is 2.44 bits per heavy atom. The summed E-state index contributed by atoms with van der Waals surface area (Å²) in [6.45, 7) is 10.2. The van der Waals surface area contributed by atoms with Crippen LogP contribution in [-0.4, -0.2) is 99.3 Å². The lowest BCUT2D eigenvalue weighted by Gasteiger charge is -2.51. The van der Waals surface area contributed by atoms with Crippen LogP contribution in [0.4, 0.5) is 0 Å². The van der Waals surface area contributed by atoms with Gasteiger partial charge in [0.15, 0.2) is 12.1 Å². The summed E-state index contributed by atoms with van der Waals surface area (Å²) in [5.41, 5.74) is -0.959. The van der Waals surface area contributed by atoms with Gasteiger partial charge in [0, 0.05) is 43.1 Å². The maximum Gasteiger partial charge on any atom is 0.314 e. The molecule has 10 nitrogen and oxygen atoms in total. The van der Waals surface area contributed by atoms with Crippen LogP contribution in [0.15, 0.2) is 23.8 Å². The first kappa shape index (κ1) is 34.4. The molecule has 0 spiro atoms. The largest absolute Gasteiger partial charge is 0.457 e. The molecule has 3 heterocycles. The molecule has 2 saturated heterocycles. The number of hydrogen-bond donors (Lipinski definition) is 4. The Labute approximate surface area is 259 Å². The van der Waals surface area contributed by atoms with Crippen molar-refractivity contribution in [2.45, 2.75) is 127 Å². The highest BCUT2D eigenvalue weighted by Crippen LogP contribution is 2.43. The number of carbonyl (C=O) groups excluding carboxylic acids is 1. The molecule has 15 atom stereocenters. The van der Waals surface area contributed by atoms with Gasteiger partial charge in [0.2, 0.25) is 0 Å². The molecule has 0 aromatic heterocycles. The van der Waals surface area contributed by atoms with E-state index in [0.29, 0.717) is 6.42 Å². The quantitative estimate of drug-likeness (QED) is 0.159. The van der Waals surface area contributed by atoms with E-state index in [2.05, 4.69) is 11.8 Å². The Morgan fingerprint density at radius 1 is 1.14 bits per heavy atom. The zero-order valence-electron chi connectivity index (χ0n) is 26.0. The maximum absolute atomic E-state index is 13.5. The van der Waals surface area contributed by atoms with Gasteiger partial charge in [-0.15, -0.1) is 11.6 Å². The van der Waals surface area contributed by atoms with Crippen LogP contribution in [0.1, 0.15) is 60.8 Å². The lowest BCUT2D eigenvalue weighted by molar-refractivity contribution is -0.365. The molecule has 4 N–H and O–H groups in total. The van der Waals surface area contributed by atoms with Gasteiger partial charge >= 0.3 is 5.97 Å². The summed E-state index contributed by atoms with van der Waals surface area (Å²) in [4.78, 5) is 13.5. The Bertz CT molecular complexity index is 1130. The highest BCUT2D eigenvalue weighted by molar-refractivity contribution is 6.22. The zero-order valence-corrected chi connectivity index (χ0v) is 26.7. The molecule has 4 rings (SSSR count). The van der Waals surface area contributed by atoms with E-state index in [-0.39, 0.29) is 29.6 Å². The number of cyclic esters (lactones) is 1. The van der Waals surface area contributed by atoms with Gasteiger partial charge in [0.05, 0.1) is 24.4 Å². The van der Waals surface area contributed by atoms with Crippen molar-refractivity contribution < 1.29 is 48.9 Å². The molecule has 242 valence electrons. The average molecular weight is 627 g/mol. The van der Waals surface area contributed by atoms with Crippen LogP contribution in [0.2, 0.25) is 0 Å². The fourth-order valence-electron chi connectivity index (χ4n) is 6.17. The predicted octanol–water partition coefficient (Wildman–Crippen LogP) is 2.44. The fraction of sp³-hybridized carbons (Fsp3) is 0.781. The van der Waals surface area contributed by atoms with Crippen molar-refractivity contribution in [3.8, 4) is 11.8 Å².